The fourth-order valence-electron chi connectivity index (χ4n) is 1.78. The summed E-state index contributed by atoms with van der Waals surface area (Å²) in [5, 5.41) is -0.0977. The summed E-state index contributed by atoms with van der Waals surface area (Å²) in [5.41, 5.74) is -7.57. The molecular weight excluding hydrogens is 412 g/mol. The Kier molecular flexibility index (Phi) is 5.34. The van der Waals surface area contributed by atoms with Crippen LogP contribution in [0.1, 0.15) is 5.56 Å². The number of hydrogen-bond acceptors (Lipinski definition) is 3. The second-order valence-electron chi connectivity index (χ2n) is 4.79. The summed E-state index contributed by atoms with van der Waals surface area (Å²) in [7, 11) is -5.81. The number of ether oxygens (including phenoxy) is 1. The highest BCUT2D eigenvalue weighted by molar-refractivity contribution is 7.93. The molecule has 0 heterocycles. The van der Waals surface area contributed by atoms with Gasteiger partial charge in [-0.3, -0.25) is 4.72 Å². The summed E-state index contributed by atoms with van der Waals surface area (Å²) in [6.45, 7) is 0. The maximum absolute atomic E-state index is 13.0. The van der Waals surface area contributed by atoms with E-state index >= 15 is 0 Å². The Labute approximate surface area is 148 Å². The third-order valence-electron chi connectivity index (χ3n) is 2.91. The maximum Gasteiger partial charge on any atom is 0.516 e. The Morgan fingerprint density at radius 3 is 2.12 bits per heavy atom. The van der Waals surface area contributed by atoms with Gasteiger partial charge in [-0.25, -0.2) is 0 Å². The molecule has 0 spiro atoms. The van der Waals surface area contributed by atoms with Gasteiger partial charge in [-0.2, -0.15) is 34.8 Å². The molecular formula is C14H8ClF6NO3S. The number of anilines is 1. The van der Waals surface area contributed by atoms with Crippen LogP contribution in [-0.4, -0.2) is 13.9 Å². The van der Waals surface area contributed by atoms with Crippen molar-refractivity contribution in [1.29, 1.82) is 0 Å². The SMILES string of the molecule is O=S(=O)(Nc1ccc(Cl)cc1Oc1ccccc1C(F)(F)F)C(F)(F)F. The van der Waals surface area contributed by atoms with Gasteiger partial charge in [0.25, 0.3) is 0 Å². The van der Waals surface area contributed by atoms with Gasteiger partial charge in [-0.1, -0.05) is 23.7 Å². The van der Waals surface area contributed by atoms with Crippen LogP contribution in [0.5, 0.6) is 11.5 Å². The van der Waals surface area contributed by atoms with Gasteiger partial charge in [0.1, 0.15) is 5.75 Å². The van der Waals surface area contributed by atoms with E-state index in [1.165, 1.54) is 10.8 Å². The van der Waals surface area contributed by atoms with Gasteiger partial charge >= 0.3 is 21.7 Å². The van der Waals surface area contributed by atoms with Gasteiger partial charge in [-0.15, -0.1) is 0 Å². The van der Waals surface area contributed by atoms with Crippen LogP contribution in [0.3, 0.4) is 0 Å². The highest BCUT2D eigenvalue weighted by atomic mass is 35.5. The number of para-hydroxylation sites is 1. The summed E-state index contributed by atoms with van der Waals surface area (Å²) in [6.07, 6.45) is -4.80. The van der Waals surface area contributed by atoms with Gasteiger partial charge in [0.05, 0.1) is 11.3 Å². The second-order valence-corrected chi connectivity index (χ2v) is 6.90. The van der Waals surface area contributed by atoms with Crippen LogP contribution in [0.4, 0.5) is 32.0 Å². The van der Waals surface area contributed by atoms with E-state index in [1.807, 2.05) is 0 Å². The molecule has 0 aromatic heterocycles. The average Bonchev–Trinajstić information content (AvgIpc) is 2.48. The molecule has 0 aliphatic heterocycles. The first kappa shape index (κ1) is 20.2. The monoisotopic (exact) mass is 419 g/mol. The minimum atomic E-state index is -5.81. The molecule has 0 fully saturated rings. The highest BCUT2D eigenvalue weighted by Crippen LogP contribution is 2.41. The molecule has 1 N–H and O–H groups in total. The van der Waals surface area contributed by atoms with E-state index in [1.54, 1.807) is 0 Å². The normalized spacial score (nSPS) is 12.7. The zero-order valence-electron chi connectivity index (χ0n) is 12.3. The van der Waals surface area contributed by atoms with Crippen molar-refractivity contribution in [3.8, 4) is 11.5 Å². The van der Waals surface area contributed by atoms with Crippen LogP contribution in [0, 0.1) is 0 Å². The Morgan fingerprint density at radius 2 is 1.54 bits per heavy atom. The number of sulfonamides is 1. The quantitative estimate of drug-likeness (QED) is 0.674. The molecule has 2 aromatic rings. The molecule has 0 saturated heterocycles. The van der Waals surface area contributed by atoms with Gasteiger partial charge in [-0.05, 0) is 24.3 Å². The van der Waals surface area contributed by atoms with Crippen molar-refractivity contribution in [3.05, 3.63) is 53.1 Å². The molecule has 12 heteroatoms. The lowest BCUT2D eigenvalue weighted by Gasteiger charge is -2.17. The minimum Gasteiger partial charge on any atom is -0.454 e. The number of rotatable bonds is 4. The predicted molar refractivity (Wildman–Crippen MR) is 81.6 cm³/mol. The number of hydrogen-bond donors (Lipinski definition) is 1. The fourth-order valence-corrected chi connectivity index (χ4v) is 2.51. The van der Waals surface area contributed by atoms with E-state index < -0.39 is 44.5 Å². The highest BCUT2D eigenvalue weighted by Gasteiger charge is 2.46. The Balaban J connectivity index is 2.48. The molecule has 0 amide bonds. The van der Waals surface area contributed by atoms with Gasteiger partial charge < -0.3 is 4.74 Å². The van der Waals surface area contributed by atoms with Gasteiger partial charge in [0.2, 0.25) is 0 Å². The lowest BCUT2D eigenvalue weighted by atomic mass is 10.2. The predicted octanol–water partition coefficient (Wildman–Crippen LogP) is 5.41. The Morgan fingerprint density at radius 1 is 0.923 bits per heavy atom. The summed E-state index contributed by atoms with van der Waals surface area (Å²) >= 11 is 5.67. The van der Waals surface area contributed by atoms with Crippen molar-refractivity contribution in [2.45, 2.75) is 11.7 Å². The molecule has 2 aromatic carbocycles. The van der Waals surface area contributed by atoms with E-state index in [2.05, 4.69) is 0 Å². The standard InChI is InChI=1S/C14H8ClF6NO3S/c15-8-5-6-10(22-26(23,24)14(19,20)21)12(7-8)25-11-4-2-1-3-9(11)13(16,17)18/h1-7,22H. The molecule has 0 bridgehead atoms. The van der Waals surface area contributed by atoms with Crippen molar-refractivity contribution >= 4 is 27.3 Å². The molecule has 142 valence electrons. The number of alkyl halides is 6. The van der Waals surface area contributed by atoms with Crippen molar-refractivity contribution in [2.75, 3.05) is 4.72 Å². The van der Waals surface area contributed by atoms with Crippen LogP contribution in [0.2, 0.25) is 5.02 Å². The zero-order valence-corrected chi connectivity index (χ0v) is 13.9. The molecule has 0 radical (unpaired) electrons. The van der Waals surface area contributed by atoms with Crippen molar-refractivity contribution in [3.63, 3.8) is 0 Å². The lowest BCUT2D eigenvalue weighted by Crippen LogP contribution is -2.30. The number of halogens is 7. The second kappa shape index (κ2) is 6.88. The van der Waals surface area contributed by atoms with Crippen molar-refractivity contribution in [2.24, 2.45) is 0 Å². The topological polar surface area (TPSA) is 55.4 Å². The number of nitrogens with one attached hydrogen (secondary N) is 1. The molecule has 0 unspecified atom stereocenters. The van der Waals surface area contributed by atoms with Crippen LogP contribution in [0.25, 0.3) is 0 Å². The van der Waals surface area contributed by atoms with Crippen LogP contribution >= 0.6 is 11.6 Å². The maximum atomic E-state index is 13.0. The van der Waals surface area contributed by atoms with Crippen molar-refractivity contribution in [1.82, 2.24) is 0 Å². The van der Waals surface area contributed by atoms with Crippen molar-refractivity contribution < 1.29 is 39.5 Å². The average molecular weight is 420 g/mol. The van der Waals surface area contributed by atoms with E-state index in [-0.39, 0.29) is 5.02 Å². The smallest absolute Gasteiger partial charge is 0.454 e. The lowest BCUT2D eigenvalue weighted by molar-refractivity contribution is -0.138. The van der Waals surface area contributed by atoms with E-state index in [4.69, 9.17) is 16.3 Å². The fraction of sp³-hybridized carbons (Fsp3) is 0.143. The van der Waals surface area contributed by atoms with Crippen LogP contribution in [0.15, 0.2) is 42.5 Å². The first-order valence-electron chi connectivity index (χ1n) is 6.54. The Hall–Kier alpha value is -2.14. The third kappa shape index (κ3) is 4.52. The summed E-state index contributed by atoms with van der Waals surface area (Å²) in [5.74, 6) is -1.38. The molecule has 2 rings (SSSR count). The molecule has 26 heavy (non-hydrogen) atoms. The molecule has 0 aliphatic rings. The molecule has 0 atom stereocenters. The van der Waals surface area contributed by atoms with Gasteiger partial charge in [0.15, 0.2) is 5.75 Å². The minimum absolute atomic E-state index is 0.0977. The summed E-state index contributed by atoms with van der Waals surface area (Å²) < 4.78 is 105. The van der Waals surface area contributed by atoms with Gasteiger partial charge in [0, 0.05) is 11.1 Å². The van der Waals surface area contributed by atoms with Crippen LogP contribution < -0.4 is 9.46 Å². The van der Waals surface area contributed by atoms with E-state index in [9.17, 15) is 34.8 Å². The van der Waals surface area contributed by atoms with Crippen LogP contribution in [-0.2, 0) is 16.2 Å². The Bertz CT molecular complexity index is 912. The molecule has 0 aliphatic carbocycles. The number of benzene rings is 2. The van der Waals surface area contributed by atoms with E-state index in [0.717, 1.165) is 30.3 Å². The summed E-state index contributed by atoms with van der Waals surface area (Å²) in [4.78, 5) is 0. The molecule has 4 nitrogen and oxygen atoms in total. The van der Waals surface area contributed by atoms with E-state index in [0.29, 0.717) is 6.07 Å². The zero-order chi connectivity index (χ0) is 19.8. The summed E-state index contributed by atoms with van der Waals surface area (Å²) in [6, 6.07) is 6.65. The molecule has 0 saturated carbocycles. The third-order valence-corrected chi connectivity index (χ3v) is 4.24. The largest absolute Gasteiger partial charge is 0.516 e. The first-order valence-corrected chi connectivity index (χ1v) is 8.40. The first-order chi connectivity index (χ1) is 11.8.